The van der Waals surface area contributed by atoms with E-state index in [1.165, 1.54) is 0 Å². The van der Waals surface area contributed by atoms with E-state index in [4.69, 9.17) is 4.74 Å². The van der Waals surface area contributed by atoms with Gasteiger partial charge >= 0.3 is 0 Å². The first kappa shape index (κ1) is 14.5. The minimum atomic E-state index is -0.288. The summed E-state index contributed by atoms with van der Waals surface area (Å²) >= 11 is 3.47. The molecule has 4 nitrogen and oxygen atoms in total. The van der Waals surface area contributed by atoms with Gasteiger partial charge in [0, 0.05) is 11.0 Å². The van der Waals surface area contributed by atoms with E-state index in [-0.39, 0.29) is 24.7 Å². The lowest BCUT2D eigenvalue weighted by Crippen LogP contribution is -2.52. The summed E-state index contributed by atoms with van der Waals surface area (Å²) < 4.78 is 6.29. The maximum Gasteiger partial charge on any atom is 0.255 e. The number of hydrogen-bond acceptors (Lipinski definition) is 3. The van der Waals surface area contributed by atoms with Gasteiger partial charge in [0.25, 0.3) is 5.91 Å². The lowest BCUT2D eigenvalue weighted by Gasteiger charge is -2.37. The van der Waals surface area contributed by atoms with Crippen LogP contribution in [0.15, 0.2) is 22.7 Å². The highest BCUT2D eigenvalue weighted by Crippen LogP contribution is 2.24. The molecule has 1 aromatic carbocycles. The zero-order chi connectivity index (χ0) is 14.0. The summed E-state index contributed by atoms with van der Waals surface area (Å²) in [6, 6.07) is 5.67. The van der Waals surface area contributed by atoms with E-state index >= 15 is 0 Å². The fourth-order valence-corrected chi connectivity index (χ4v) is 2.61. The highest BCUT2D eigenvalue weighted by Gasteiger charge is 2.30. The predicted molar refractivity (Wildman–Crippen MR) is 76.2 cm³/mol. The van der Waals surface area contributed by atoms with Crippen LogP contribution < -0.4 is 0 Å². The first-order valence-electron chi connectivity index (χ1n) is 6.33. The molecule has 0 aromatic heterocycles. The van der Waals surface area contributed by atoms with Crippen molar-refractivity contribution in [2.45, 2.75) is 26.0 Å². The zero-order valence-corrected chi connectivity index (χ0v) is 12.7. The summed E-state index contributed by atoms with van der Waals surface area (Å²) in [5.74, 6) is -0.0233. The Balaban J connectivity index is 2.24. The molecule has 0 saturated carbocycles. The summed E-state index contributed by atoms with van der Waals surface area (Å²) in [6.45, 7) is 4.73. The van der Waals surface area contributed by atoms with Gasteiger partial charge in [0.05, 0.1) is 30.9 Å². The molecule has 1 fully saturated rings. The van der Waals surface area contributed by atoms with Crippen molar-refractivity contribution in [2.75, 3.05) is 19.8 Å². The number of amides is 1. The van der Waals surface area contributed by atoms with Crippen LogP contribution in [0.2, 0.25) is 0 Å². The fraction of sp³-hybridized carbons (Fsp3) is 0.500. The Morgan fingerprint density at radius 1 is 1.58 bits per heavy atom. The number of rotatable bonds is 2. The number of carbonyl (C=O) groups excluding carboxylic acids is 1. The van der Waals surface area contributed by atoms with Crippen LogP contribution in [0.3, 0.4) is 0 Å². The van der Waals surface area contributed by atoms with Crippen LogP contribution in [0.1, 0.15) is 22.8 Å². The van der Waals surface area contributed by atoms with Gasteiger partial charge in [0.1, 0.15) is 0 Å². The molecular formula is C14H18BrNO3. The van der Waals surface area contributed by atoms with Crippen LogP contribution >= 0.6 is 15.9 Å². The van der Waals surface area contributed by atoms with E-state index in [0.29, 0.717) is 18.7 Å². The molecular weight excluding hydrogens is 310 g/mol. The predicted octanol–water partition coefficient (Wildman–Crippen LogP) is 1.98. The van der Waals surface area contributed by atoms with Gasteiger partial charge in [0.15, 0.2) is 0 Å². The monoisotopic (exact) mass is 327 g/mol. The number of hydrogen-bond donors (Lipinski definition) is 1. The summed E-state index contributed by atoms with van der Waals surface area (Å²) in [4.78, 5) is 14.4. The Labute approximate surface area is 121 Å². The SMILES string of the molecule is Cc1cccc(C(=O)N2CC(CO)OCC2C)c1Br. The third kappa shape index (κ3) is 2.99. The molecule has 2 rings (SSSR count). The number of carbonyl (C=O) groups is 1. The summed E-state index contributed by atoms with van der Waals surface area (Å²) in [7, 11) is 0. The van der Waals surface area contributed by atoms with E-state index < -0.39 is 0 Å². The molecule has 2 unspecified atom stereocenters. The van der Waals surface area contributed by atoms with Gasteiger partial charge < -0.3 is 14.7 Å². The first-order valence-corrected chi connectivity index (χ1v) is 7.12. The molecule has 19 heavy (non-hydrogen) atoms. The van der Waals surface area contributed by atoms with Gasteiger partial charge in [-0.25, -0.2) is 0 Å². The molecule has 1 heterocycles. The second-order valence-corrected chi connectivity index (χ2v) is 5.67. The lowest BCUT2D eigenvalue weighted by molar-refractivity contribution is -0.0667. The molecule has 0 bridgehead atoms. The van der Waals surface area contributed by atoms with Gasteiger partial charge in [-0.15, -0.1) is 0 Å². The third-order valence-electron chi connectivity index (χ3n) is 3.39. The molecule has 1 aromatic rings. The lowest BCUT2D eigenvalue weighted by atomic mass is 10.1. The van der Waals surface area contributed by atoms with Gasteiger partial charge in [-0.2, -0.15) is 0 Å². The average Bonchev–Trinajstić information content (AvgIpc) is 2.42. The van der Waals surface area contributed by atoms with Crippen molar-refractivity contribution in [1.29, 1.82) is 0 Å². The first-order chi connectivity index (χ1) is 9.04. The van der Waals surface area contributed by atoms with E-state index in [1.54, 1.807) is 4.90 Å². The van der Waals surface area contributed by atoms with Crippen molar-refractivity contribution in [1.82, 2.24) is 4.90 Å². The third-order valence-corrected chi connectivity index (χ3v) is 4.44. The topological polar surface area (TPSA) is 49.8 Å². The molecule has 0 radical (unpaired) electrons. The average molecular weight is 328 g/mol. The summed E-state index contributed by atoms with van der Waals surface area (Å²) in [5, 5.41) is 9.17. The number of aliphatic hydroxyl groups excluding tert-OH is 1. The van der Waals surface area contributed by atoms with Crippen molar-refractivity contribution in [3.8, 4) is 0 Å². The quantitative estimate of drug-likeness (QED) is 0.903. The molecule has 0 spiro atoms. The smallest absolute Gasteiger partial charge is 0.255 e. The summed E-state index contributed by atoms with van der Waals surface area (Å²) in [5.41, 5.74) is 1.69. The van der Waals surface area contributed by atoms with Crippen LogP contribution in [0.5, 0.6) is 0 Å². The normalized spacial score (nSPS) is 23.5. The summed E-state index contributed by atoms with van der Waals surface area (Å²) in [6.07, 6.45) is -0.288. The van der Waals surface area contributed by atoms with Crippen LogP contribution in [0.4, 0.5) is 0 Å². The highest BCUT2D eigenvalue weighted by molar-refractivity contribution is 9.10. The van der Waals surface area contributed by atoms with E-state index in [2.05, 4.69) is 15.9 Å². The number of aliphatic hydroxyl groups is 1. The number of morpholine rings is 1. The van der Waals surface area contributed by atoms with E-state index in [9.17, 15) is 9.90 Å². The molecule has 1 amide bonds. The Morgan fingerprint density at radius 2 is 2.32 bits per heavy atom. The number of benzene rings is 1. The number of nitrogens with zero attached hydrogens (tertiary/aromatic N) is 1. The highest BCUT2D eigenvalue weighted by atomic mass is 79.9. The Kier molecular flexibility index (Phi) is 4.60. The zero-order valence-electron chi connectivity index (χ0n) is 11.1. The van der Waals surface area contributed by atoms with E-state index in [0.717, 1.165) is 10.0 Å². The molecule has 0 aliphatic carbocycles. The van der Waals surface area contributed by atoms with Crippen LogP contribution in [-0.2, 0) is 4.74 Å². The Bertz CT molecular complexity index is 478. The van der Waals surface area contributed by atoms with Crippen molar-refractivity contribution < 1.29 is 14.6 Å². The van der Waals surface area contributed by atoms with Crippen LogP contribution in [0, 0.1) is 6.92 Å². The second kappa shape index (κ2) is 6.03. The molecule has 1 aliphatic rings. The van der Waals surface area contributed by atoms with Crippen LogP contribution in [-0.4, -0.2) is 47.8 Å². The number of aryl methyl sites for hydroxylation is 1. The van der Waals surface area contributed by atoms with Gasteiger partial charge in [-0.3, -0.25) is 4.79 Å². The number of halogens is 1. The Hall–Kier alpha value is -0.910. The maximum absolute atomic E-state index is 12.6. The number of ether oxygens (including phenoxy) is 1. The molecule has 1 N–H and O–H groups in total. The minimum Gasteiger partial charge on any atom is -0.394 e. The second-order valence-electron chi connectivity index (χ2n) is 4.88. The fourth-order valence-electron chi connectivity index (χ4n) is 2.18. The molecule has 2 atom stereocenters. The molecule has 5 heteroatoms. The van der Waals surface area contributed by atoms with Gasteiger partial charge in [-0.1, -0.05) is 12.1 Å². The van der Waals surface area contributed by atoms with Crippen molar-refractivity contribution in [2.24, 2.45) is 0 Å². The van der Waals surface area contributed by atoms with Crippen LogP contribution in [0.25, 0.3) is 0 Å². The maximum atomic E-state index is 12.6. The van der Waals surface area contributed by atoms with E-state index in [1.807, 2.05) is 32.0 Å². The molecule has 1 saturated heterocycles. The Morgan fingerprint density at radius 3 is 3.00 bits per heavy atom. The van der Waals surface area contributed by atoms with Crippen molar-refractivity contribution >= 4 is 21.8 Å². The van der Waals surface area contributed by atoms with Gasteiger partial charge in [-0.05, 0) is 41.4 Å². The van der Waals surface area contributed by atoms with Crippen molar-refractivity contribution in [3.05, 3.63) is 33.8 Å². The standard InChI is InChI=1S/C14H18BrNO3/c1-9-4-3-5-12(13(9)15)14(18)16-6-11(7-17)19-8-10(16)2/h3-5,10-11,17H,6-8H2,1-2H3. The minimum absolute atomic E-state index is 0.0164. The largest absolute Gasteiger partial charge is 0.394 e. The van der Waals surface area contributed by atoms with Crippen molar-refractivity contribution in [3.63, 3.8) is 0 Å². The van der Waals surface area contributed by atoms with Gasteiger partial charge in [0.2, 0.25) is 0 Å². The molecule has 1 aliphatic heterocycles. The molecule has 104 valence electrons.